The summed E-state index contributed by atoms with van der Waals surface area (Å²) in [6.07, 6.45) is 1.94. The first-order valence-electron chi connectivity index (χ1n) is 12.0. The molecule has 0 aliphatic carbocycles. The van der Waals surface area contributed by atoms with Gasteiger partial charge in [0, 0.05) is 23.7 Å². The van der Waals surface area contributed by atoms with Gasteiger partial charge in [0.2, 0.25) is 0 Å². The fraction of sp³-hybridized carbons (Fsp3) is 0.379. The highest BCUT2D eigenvalue weighted by Gasteiger charge is 2.34. The number of aliphatic carboxylic acids is 1. The minimum Gasteiger partial charge on any atom is -0.497 e. The van der Waals surface area contributed by atoms with Crippen LogP contribution in [0.4, 0.5) is 4.39 Å². The van der Waals surface area contributed by atoms with E-state index in [0.29, 0.717) is 30.8 Å². The van der Waals surface area contributed by atoms with Crippen molar-refractivity contribution in [2.24, 2.45) is 11.8 Å². The van der Waals surface area contributed by atoms with Crippen molar-refractivity contribution < 1.29 is 19.0 Å². The maximum Gasteiger partial charge on any atom is 0.308 e. The molecule has 2 heterocycles. The van der Waals surface area contributed by atoms with Crippen molar-refractivity contribution in [3.63, 3.8) is 0 Å². The molecule has 3 aromatic rings. The minimum absolute atomic E-state index is 0.0611. The average Bonchev–Trinajstić information content (AvgIpc) is 2.88. The molecule has 1 aliphatic heterocycles. The Hall–Kier alpha value is -3.43. The Morgan fingerprint density at radius 3 is 2.89 bits per heavy atom. The number of fused-ring (bicyclic) bond motifs is 1. The maximum absolute atomic E-state index is 15.4. The third kappa shape index (κ3) is 5.98. The van der Waals surface area contributed by atoms with Gasteiger partial charge in [0.1, 0.15) is 11.9 Å². The molecule has 0 unspecified atom stereocenters. The molecule has 5 nitrogen and oxygen atoms in total. The number of ether oxygens (including phenoxy) is 1. The second-order valence-corrected chi connectivity index (χ2v) is 9.17. The summed E-state index contributed by atoms with van der Waals surface area (Å²) in [5.74, 6) is 5.64. The predicted molar refractivity (Wildman–Crippen MR) is 135 cm³/mol. The highest BCUT2D eigenvalue weighted by molar-refractivity contribution is 5.83. The van der Waals surface area contributed by atoms with E-state index in [1.807, 2.05) is 43.3 Å². The lowest BCUT2D eigenvalue weighted by Gasteiger charge is -2.35. The molecule has 0 radical (unpaired) electrons. The number of methoxy groups -OCH3 is 1. The third-order valence-corrected chi connectivity index (χ3v) is 6.94. The van der Waals surface area contributed by atoms with Crippen molar-refractivity contribution in [1.29, 1.82) is 0 Å². The van der Waals surface area contributed by atoms with Gasteiger partial charge in [-0.3, -0.25) is 14.7 Å². The molecule has 0 bridgehead atoms. The lowest BCUT2D eigenvalue weighted by Crippen LogP contribution is -2.44. The summed E-state index contributed by atoms with van der Waals surface area (Å²) in [6.45, 7) is 3.76. The quantitative estimate of drug-likeness (QED) is 0.464. The minimum atomic E-state index is -1.19. The van der Waals surface area contributed by atoms with Crippen molar-refractivity contribution in [2.45, 2.75) is 32.4 Å². The van der Waals surface area contributed by atoms with Crippen LogP contribution >= 0.6 is 0 Å². The number of hydrogen-bond acceptors (Lipinski definition) is 4. The normalized spacial score (nSPS) is 19.1. The molecule has 0 spiro atoms. The number of likely N-dealkylation sites (tertiary alicyclic amines) is 1. The monoisotopic (exact) mass is 474 g/mol. The van der Waals surface area contributed by atoms with Crippen LogP contribution in [0, 0.1) is 30.6 Å². The number of halogens is 1. The summed E-state index contributed by atoms with van der Waals surface area (Å²) in [6, 6.07) is 15.1. The highest BCUT2D eigenvalue weighted by Crippen LogP contribution is 2.35. The number of aryl methyl sites for hydroxylation is 1. The Balaban J connectivity index is 1.38. The lowest BCUT2D eigenvalue weighted by atomic mass is 9.81. The zero-order valence-corrected chi connectivity index (χ0v) is 20.2. The van der Waals surface area contributed by atoms with E-state index in [9.17, 15) is 9.90 Å². The second kappa shape index (κ2) is 11.3. The zero-order valence-electron chi connectivity index (χ0n) is 20.2. The number of carboxylic acids is 1. The molecule has 0 saturated carbocycles. The standard InChI is InChI=1S/C29H31FN2O3/c1-20-6-3-4-7-21(20)8-5-16-32-17-14-22(26(19-32)29(33)34)9-11-27(30)24-13-15-31-28-12-10-23(35-2)18-25(24)28/h3-4,6-7,10,12-13,15,18,22,26-27H,9,11,14,16-17,19H2,1-2H3,(H,33,34)/t22-,26+,27+/m1/s1. The summed E-state index contributed by atoms with van der Waals surface area (Å²) in [5.41, 5.74) is 3.41. The number of carboxylic acid groups (broad SMARTS) is 1. The maximum atomic E-state index is 15.4. The van der Waals surface area contributed by atoms with Crippen LogP contribution in [-0.4, -0.2) is 47.7 Å². The molecule has 3 atom stereocenters. The summed E-state index contributed by atoms with van der Waals surface area (Å²) < 4.78 is 20.7. The summed E-state index contributed by atoms with van der Waals surface area (Å²) >= 11 is 0. The molecule has 2 aromatic carbocycles. The first-order valence-corrected chi connectivity index (χ1v) is 12.0. The summed E-state index contributed by atoms with van der Waals surface area (Å²) in [7, 11) is 1.58. The molecule has 182 valence electrons. The Bertz CT molecular complexity index is 1250. The molecule has 1 aromatic heterocycles. The van der Waals surface area contributed by atoms with Gasteiger partial charge in [-0.25, -0.2) is 4.39 Å². The fourth-order valence-electron chi connectivity index (χ4n) is 4.86. The molecule has 0 amide bonds. The number of nitrogens with zero attached hydrogens (tertiary/aromatic N) is 2. The van der Waals surface area contributed by atoms with Gasteiger partial charge in [0.25, 0.3) is 0 Å². The van der Waals surface area contributed by atoms with Gasteiger partial charge in [-0.1, -0.05) is 30.0 Å². The fourth-order valence-corrected chi connectivity index (χ4v) is 4.86. The summed E-state index contributed by atoms with van der Waals surface area (Å²) in [4.78, 5) is 18.5. The number of benzene rings is 2. The van der Waals surface area contributed by atoms with Gasteiger partial charge in [-0.2, -0.15) is 0 Å². The lowest BCUT2D eigenvalue weighted by molar-refractivity contribution is -0.146. The second-order valence-electron chi connectivity index (χ2n) is 9.17. The third-order valence-electron chi connectivity index (χ3n) is 6.94. The predicted octanol–water partition coefficient (Wildman–Crippen LogP) is 5.42. The van der Waals surface area contributed by atoms with Gasteiger partial charge in [0.05, 0.1) is 25.1 Å². The van der Waals surface area contributed by atoms with E-state index in [-0.39, 0.29) is 12.3 Å². The number of hydrogen-bond donors (Lipinski definition) is 1. The average molecular weight is 475 g/mol. The topological polar surface area (TPSA) is 62.7 Å². The van der Waals surface area contributed by atoms with Gasteiger partial charge >= 0.3 is 5.97 Å². The van der Waals surface area contributed by atoms with Crippen LogP contribution in [0.1, 0.15) is 42.1 Å². The van der Waals surface area contributed by atoms with Gasteiger partial charge in [-0.05, 0) is 80.1 Å². The van der Waals surface area contributed by atoms with Crippen LogP contribution in [0.3, 0.4) is 0 Å². The first kappa shape index (κ1) is 24.7. The molecule has 1 aliphatic rings. The van der Waals surface area contributed by atoms with Crippen LogP contribution in [0.5, 0.6) is 5.75 Å². The van der Waals surface area contributed by atoms with Gasteiger partial charge in [-0.15, -0.1) is 0 Å². The van der Waals surface area contributed by atoms with Crippen LogP contribution in [0.2, 0.25) is 0 Å². The van der Waals surface area contributed by atoms with Crippen molar-refractivity contribution in [2.75, 3.05) is 26.7 Å². The number of rotatable bonds is 7. The number of aromatic nitrogens is 1. The van der Waals surface area contributed by atoms with E-state index >= 15 is 4.39 Å². The van der Waals surface area contributed by atoms with E-state index in [2.05, 4.69) is 21.7 Å². The smallest absolute Gasteiger partial charge is 0.308 e. The van der Waals surface area contributed by atoms with Crippen molar-refractivity contribution in [3.8, 4) is 17.6 Å². The van der Waals surface area contributed by atoms with Crippen molar-refractivity contribution in [1.82, 2.24) is 9.88 Å². The molecule has 1 fully saturated rings. The molecule has 1 saturated heterocycles. The van der Waals surface area contributed by atoms with Crippen LogP contribution in [0.15, 0.2) is 54.7 Å². The highest BCUT2D eigenvalue weighted by atomic mass is 19.1. The van der Waals surface area contributed by atoms with E-state index < -0.39 is 18.1 Å². The Morgan fingerprint density at radius 1 is 1.29 bits per heavy atom. The molecule has 4 rings (SSSR count). The SMILES string of the molecule is COc1ccc2nccc([C@@H](F)CC[C@@H]3CCN(CC#Cc4ccccc4C)C[C@@H]3C(=O)O)c2c1. The van der Waals surface area contributed by atoms with E-state index in [0.717, 1.165) is 35.0 Å². The molecular weight excluding hydrogens is 443 g/mol. The van der Waals surface area contributed by atoms with E-state index in [1.54, 1.807) is 25.4 Å². The molecule has 35 heavy (non-hydrogen) atoms. The Labute approximate surface area is 205 Å². The van der Waals surface area contributed by atoms with Crippen molar-refractivity contribution in [3.05, 3.63) is 71.4 Å². The Kier molecular flexibility index (Phi) is 7.99. The molecule has 6 heteroatoms. The van der Waals surface area contributed by atoms with Crippen LogP contribution in [0.25, 0.3) is 10.9 Å². The Morgan fingerprint density at radius 2 is 2.11 bits per heavy atom. The molecule has 1 N–H and O–H groups in total. The van der Waals surface area contributed by atoms with Crippen molar-refractivity contribution >= 4 is 16.9 Å². The molecular formula is C29H31FN2O3. The van der Waals surface area contributed by atoms with Gasteiger partial charge < -0.3 is 9.84 Å². The van der Waals surface area contributed by atoms with Crippen LogP contribution in [-0.2, 0) is 4.79 Å². The van der Waals surface area contributed by atoms with E-state index in [1.165, 1.54) is 0 Å². The number of piperidine rings is 1. The largest absolute Gasteiger partial charge is 0.497 e. The zero-order chi connectivity index (χ0) is 24.8. The number of pyridine rings is 1. The van der Waals surface area contributed by atoms with Crippen LogP contribution < -0.4 is 4.74 Å². The summed E-state index contributed by atoms with van der Waals surface area (Å²) in [5, 5.41) is 10.6. The number of alkyl halides is 1. The van der Waals surface area contributed by atoms with E-state index in [4.69, 9.17) is 4.74 Å². The van der Waals surface area contributed by atoms with Gasteiger partial charge in [0.15, 0.2) is 0 Å². The number of carbonyl (C=O) groups is 1. The first-order chi connectivity index (χ1) is 17.0.